The molecule has 2 aromatic heterocycles. The Labute approximate surface area is 163 Å². The number of thiophene rings is 1. The van der Waals surface area contributed by atoms with Crippen LogP contribution in [0.1, 0.15) is 36.4 Å². The molecule has 1 amide bonds. The van der Waals surface area contributed by atoms with Gasteiger partial charge in [0.2, 0.25) is 0 Å². The Morgan fingerprint density at radius 1 is 1.26 bits per heavy atom. The molecule has 1 spiro atoms. The summed E-state index contributed by atoms with van der Waals surface area (Å²) in [6, 6.07) is 4.31. The number of aromatic nitrogens is 2. The fraction of sp³-hybridized carbons (Fsp3) is 0.600. The first-order chi connectivity index (χ1) is 13.2. The van der Waals surface area contributed by atoms with Gasteiger partial charge < -0.3 is 14.2 Å². The Morgan fingerprint density at radius 2 is 2.07 bits per heavy atom. The van der Waals surface area contributed by atoms with Crippen molar-refractivity contribution in [3.05, 3.63) is 40.6 Å². The van der Waals surface area contributed by atoms with Crippen molar-refractivity contribution < 1.29 is 9.53 Å². The van der Waals surface area contributed by atoms with Crippen LogP contribution in [0.2, 0.25) is 0 Å². The number of amides is 1. The van der Waals surface area contributed by atoms with E-state index in [2.05, 4.69) is 32.0 Å². The average Bonchev–Trinajstić information content (AvgIpc) is 3.45. The van der Waals surface area contributed by atoms with Crippen LogP contribution in [0.5, 0.6) is 0 Å². The summed E-state index contributed by atoms with van der Waals surface area (Å²) in [6.07, 6.45) is 7.46. The van der Waals surface area contributed by atoms with Crippen LogP contribution in [0.4, 0.5) is 0 Å². The molecular formula is C20H26N4O2S. The fourth-order valence-corrected chi connectivity index (χ4v) is 5.45. The minimum absolute atomic E-state index is 0.159. The second-order valence-corrected chi connectivity index (χ2v) is 8.92. The predicted octanol–water partition coefficient (Wildman–Crippen LogP) is 2.46. The second kappa shape index (κ2) is 7.04. The minimum atomic E-state index is -0.423. The smallest absolute Gasteiger partial charge is 0.253 e. The molecule has 2 aromatic rings. The van der Waals surface area contributed by atoms with Gasteiger partial charge in [0, 0.05) is 50.0 Å². The lowest BCUT2D eigenvalue weighted by Crippen LogP contribution is -2.54. The van der Waals surface area contributed by atoms with Crippen molar-refractivity contribution in [3.63, 3.8) is 0 Å². The van der Waals surface area contributed by atoms with E-state index in [1.54, 1.807) is 0 Å². The van der Waals surface area contributed by atoms with E-state index >= 15 is 0 Å². The third-order valence-corrected chi connectivity index (χ3v) is 7.03. The molecule has 7 heteroatoms. The summed E-state index contributed by atoms with van der Waals surface area (Å²) < 4.78 is 8.71. The van der Waals surface area contributed by atoms with Crippen LogP contribution in [0, 0.1) is 0 Å². The van der Waals surface area contributed by atoms with Gasteiger partial charge in [-0.15, -0.1) is 11.3 Å². The van der Waals surface area contributed by atoms with Crippen LogP contribution in [0.3, 0.4) is 0 Å². The maximum atomic E-state index is 13.0. The fourth-order valence-electron chi connectivity index (χ4n) is 4.70. The van der Waals surface area contributed by atoms with Gasteiger partial charge >= 0.3 is 0 Å². The van der Waals surface area contributed by atoms with Crippen molar-refractivity contribution in [2.24, 2.45) is 0 Å². The Kier molecular flexibility index (Phi) is 4.53. The highest BCUT2D eigenvalue weighted by molar-refractivity contribution is 7.09. The molecular weight excluding hydrogens is 360 g/mol. The van der Waals surface area contributed by atoms with Crippen LogP contribution in [-0.4, -0.2) is 57.5 Å². The monoisotopic (exact) mass is 386 g/mol. The topological polar surface area (TPSA) is 50.6 Å². The van der Waals surface area contributed by atoms with E-state index in [1.165, 1.54) is 4.88 Å². The van der Waals surface area contributed by atoms with Crippen molar-refractivity contribution in [1.82, 2.24) is 19.4 Å². The van der Waals surface area contributed by atoms with Gasteiger partial charge in [0.15, 0.2) is 6.10 Å². The molecule has 1 unspecified atom stereocenters. The van der Waals surface area contributed by atoms with Crippen LogP contribution in [0.15, 0.2) is 29.9 Å². The molecule has 2 saturated heterocycles. The third-order valence-electron chi connectivity index (χ3n) is 6.17. The first-order valence-corrected chi connectivity index (χ1v) is 10.8. The molecule has 5 heterocycles. The standard InChI is InChI=1S/C20H26N4O2S/c25-18(23-8-1-2-9-23)17-15-24-12-7-21-19(24)20(26-17)5-10-22(11-6-20)14-16-4-3-13-27-16/h3-4,7,12-13,17H,1-2,5-6,8-11,14-15H2. The number of likely N-dealkylation sites (tertiary alicyclic amines) is 2. The first-order valence-electron chi connectivity index (χ1n) is 9.96. The summed E-state index contributed by atoms with van der Waals surface area (Å²) in [4.78, 5) is 23.5. The van der Waals surface area contributed by atoms with Crippen LogP contribution < -0.4 is 0 Å². The van der Waals surface area contributed by atoms with Crippen LogP contribution in [0.25, 0.3) is 0 Å². The number of imidazole rings is 1. The Balaban J connectivity index is 1.33. The highest BCUT2D eigenvalue weighted by Gasteiger charge is 2.47. The molecule has 144 valence electrons. The molecule has 6 nitrogen and oxygen atoms in total. The van der Waals surface area contributed by atoms with Crippen molar-refractivity contribution in [2.75, 3.05) is 26.2 Å². The molecule has 3 aliphatic rings. The van der Waals surface area contributed by atoms with Gasteiger partial charge in [0.05, 0.1) is 6.54 Å². The minimum Gasteiger partial charge on any atom is -0.352 e. The van der Waals surface area contributed by atoms with Gasteiger partial charge in [-0.25, -0.2) is 4.98 Å². The second-order valence-electron chi connectivity index (χ2n) is 7.89. The number of ether oxygens (including phenoxy) is 1. The zero-order valence-corrected chi connectivity index (χ0v) is 16.4. The quantitative estimate of drug-likeness (QED) is 0.813. The normalized spacial score (nSPS) is 25.0. The van der Waals surface area contributed by atoms with Crippen molar-refractivity contribution in [3.8, 4) is 0 Å². The van der Waals surface area contributed by atoms with Crippen molar-refractivity contribution in [2.45, 2.75) is 50.5 Å². The number of piperidine rings is 1. The van der Waals surface area contributed by atoms with Gasteiger partial charge in [-0.05, 0) is 37.1 Å². The van der Waals surface area contributed by atoms with Gasteiger partial charge in [-0.3, -0.25) is 9.69 Å². The van der Waals surface area contributed by atoms with Crippen molar-refractivity contribution >= 4 is 17.2 Å². The third kappa shape index (κ3) is 3.22. The first kappa shape index (κ1) is 17.4. The summed E-state index contributed by atoms with van der Waals surface area (Å²) in [5.41, 5.74) is -0.423. The molecule has 5 rings (SSSR count). The Bertz CT molecular complexity index is 789. The summed E-state index contributed by atoms with van der Waals surface area (Å²) in [5.74, 6) is 1.16. The van der Waals surface area contributed by atoms with E-state index in [1.807, 2.05) is 28.6 Å². The summed E-state index contributed by atoms with van der Waals surface area (Å²) in [5, 5.41) is 2.14. The molecule has 0 saturated carbocycles. The number of hydrogen-bond donors (Lipinski definition) is 0. The molecule has 0 aliphatic carbocycles. The molecule has 1 atom stereocenters. The number of carbonyl (C=O) groups excluding carboxylic acids is 1. The molecule has 0 aromatic carbocycles. The van der Waals surface area contributed by atoms with E-state index in [4.69, 9.17) is 4.74 Å². The van der Waals surface area contributed by atoms with E-state index in [-0.39, 0.29) is 12.0 Å². The molecule has 3 aliphatic heterocycles. The Morgan fingerprint density at radius 3 is 2.81 bits per heavy atom. The van der Waals surface area contributed by atoms with E-state index < -0.39 is 5.60 Å². The molecule has 27 heavy (non-hydrogen) atoms. The highest BCUT2D eigenvalue weighted by atomic mass is 32.1. The van der Waals surface area contributed by atoms with Crippen molar-refractivity contribution in [1.29, 1.82) is 0 Å². The lowest BCUT2D eigenvalue weighted by molar-refractivity contribution is -0.180. The van der Waals surface area contributed by atoms with Gasteiger partial charge in [0.1, 0.15) is 11.4 Å². The summed E-state index contributed by atoms with van der Waals surface area (Å²) >= 11 is 1.81. The number of hydrogen-bond acceptors (Lipinski definition) is 5. The van der Waals surface area contributed by atoms with Gasteiger partial charge in [-0.2, -0.15) is 0 Å². The summed E-state index contributed by atoms with van der Waals surface area (Å²) in [6.45, 7) is 5.27. The highest BCUT2D eigenvalue weighted by Crippen LogP contribution is 2.40. The lowest BCUT2D eigenvalue weighted by atomic mass is 9.88. The van der Waals surface area contributed by atoms with Gasteiger partial charge in [0.25, 0.3) is 5.91 Å². The zero-order valence-electron chi connectivity index (χ0n) is 15.5. The summed E-state index contributed by atoms with van der Waals surface area (Å²) in [7, 11) is 0. The van der Waals surface area contributed by atoms with Gasteiger partial charge in [-0.1, -0.05) is 6.07 Å². The number of fused-ring (bicyclic) bond motifs is 2. The molecule has 0 N–H and O–H groups in total. The van der Waals surface area contributed by atoms with Crippen LogP contribution in [-0.2, 0) is 28.2 Å². The van der Waals surface area contributed by atoms with E-state index in [0.29, 0.717) is 6.54 Å². The largest absolute Gasteiger partial charge is 0.352 e. The molecule has 2 fully saturated rings. The number of rotatable bonds is 3. The number of carbonyl (C=O) groups is 1. The van der Waals surface area contributed by atoms with Crippen LogP contribution >= 0.6 is 11.3 Å². The zero-order chi connectivity index (χ0) is 18.3. The van der Waals surface area contributed by atoms with E-state index in [9.17, 15) is 4.79 Å². The van der Waals surface area contributed by atoms with E-state index in [0.717, 1.165) is 64.2 Å². The predicted molar refractivity (Wildman–Crippen MR) is 103 cm³/mol. The maximum absolute atomic E-state index is 13.0. The maximum Gasteiger partial charge on any atom is 0.253 e. The molecule has 0 bridgehead atoms. The molecule has 0 radical (unpaired) electrons. The Hall–Kier alpha value is -1.70. The lowest BCUT2D eigenvalue weighted by Gasteiger charge is -2.46. The number of nitrogens with zero attached hydrogens (tertiary/aromatic N) is 4. The average molecular weight is 387 g/mol. The SMILES string of the molecule is O=C(C1Cn2ccnc2C2(CCN(Cc3cccs3)CC2)O1)N1CCCC1.